The molecule has 8 nitrogen and oxygen atoms in total. The molecule has 0 amide bonds. The van der Waals surface area contributed by atoms with Crippen LogP contribution in [0, 0.1) is 12.7 Å². The van der Waals surface area contributed by atoms with Gasteiger partial charge in [-0.05, 0) is 37.1 Å². The second-order valence-corrected chi connectivity index (χ2v) is 8.42. The normalized spacial score (nSPS) is 15.8. The molecule has 1 fully saturated rings. The van der Waals surface area contributed by atoms with E-state index in [0.29, 0.717) is 41.5 Å². The molecule has 0 spiro atoms. The van der Waals surface area contributed by atoms with Crippen LogP contribution in [0.5, 0.6) is 11.6 Å². The lowest BCUT2D eigenvalue weighted by Crippen LogP contribution is -2.30. The Morgan fingerprint density at radius 1 is 1.15 bits per heavy atom. The van der Waals surface area contributed by atoms with E-state index in [4.69, 9.17) is 9.47 Å². The van der Waals surface area contributed by atoms with Crippen LogP contribution in [0.15, 0.2) is 53.7 Å². The number of halogens is 1. The first-order valence-electron chi connectivity index (χ1n) is 11.1. The van der Waals surface area contributed by atoms with Crippen molar-refractivity contribution in [2.45, 2.75) is 25.9 Å². The van der Waals surface area contributed by atoms with Crippen molar-refractivity contribution >= 4 is 16.7 Å². The highest BCUT2D eigenvalue weighted by molar-refractivity contribution is 5.83. The minimum atomic E-state index is -0.242. The highest BCUT2D eigenvalue weighted by Crippen LogP contribution is 2.34. The average Bonchev–Trinajstić information content (AvgIpc) is 3.42. The topological polar surface area (TPSA) is 74.4 Å². The van der Waals surface area contributed by atoms with E-state index in [1.807, 2.05) is 40.7 Å². The van der Waals surface area contributed by atoms with Crippen LogP contribution in [0.2, 0.25) is 0 Å². The first-order chi connectivity index (χ1) is 16.5. The minimum Gasteiger partial charge on any atom is -0.494 e. The molecule has 0 saturated carbocycles. The number of nitrogens with zero attached hydrogens (tertiary/aromatic N) is 5. The Labute approximate surface area is 196 Å². The lowest BCUT2D eigenvalue weighted by Gasteiger charge is -2.21. The van der Waals surface area contributed by atoms with Crippen LogP contribution in [0.1, 0.15) is 23.6 Å². The second kappa shape index (κ2) is 8.81. The number of anilines is 1. The maximum atomic E-state index is 14.6. The molecule has 0 unspecified atom stereocenters. The molecule has 176 valence electrons. The molecule has 1 aliphatic rings. The predicted molar refractivity (Wildman–Crippen MR) is 127 cm³/mol. The number of benzene rings is 2. The van der Waals surface area contributed by atoms with Crippen LogP contribution in [0.25, 0.3) is 11.0 Å². The number of fused-ring (bicyclic) bond motifs is 1. The average molecular weight is 464 g/mol. The first kappa shape index (κ1) is 21.9. The van der Waals surface area contributed by atoms with E-state index in [2.05, 4.69) is 9.97 Å². The zero-order valence-electron chi connectivity index (χ0n) is 19.4. The van der Waals surface area contributed by atoms with E-state index < -0.39 is 0 Å². The van der Waals surface area contributed by atoms with Gasteiger partial charge in [-0.1, -0.05) is 18.2 Å². The van der Waals surface area contributed by atoms with Gasteiger partial charge < -0.3 is 14.4 Å². The molecule has 1 aliphatic heterocycles. The molecule has 1 saturated heterocycles. The van der Waals surface area contributed by atoms with Crippen molar-refractivity contribution in [3.05, 3.63) is 76.4 Å². The van der Waals surface area contributed by atoms with E-state index in [0.717, 1.165) is 17.5 Å². The molecule has 4 aromatic rings. The van der Waals surface area contributed by atoms with Crippen molar-refractivity contribution in [3.63, 3.8) is 0 Å². The van der Waals surface area contributed by atoms with Crippen molar-refractivity contribution in [2.75, 3.05) is 32.2 Å². The van der Waals surface area contributed by atoms with Gasteiger partial charge in [0.05, 0.1) is 43.6 Å². The molecule has 2 aromatic heterocycles. The number of imidazole rings is 1. The lowest BCUT2D eigenvalue weighted by atomic mass is 10.2. The van der Waals surface area contributed by atoms with Crippen LogP contribution in [-0.2, 0) is 6.54 Å². The Morgan fingerprint density at radius 2 is 1.97 bits per heavy atom. The van der Waals surface area contributed by atoms with Gasteiger partial charge >= 0.3 is 5.69 Å². The molecular weight excluding hydrogens is 437 g/mol. The summed E-state index contributed by atoms with van der Waals surface area (Å²) >= 11 is 0. The van der Waals surface area contributed by atoms with Gasteiger partial charge in [0.25, 0.3) is 0 Å². The summed E-state index contributed by atoms with van der Waals surface area (Å²) in [6.07, 6.45) is 3.78. The van der Waals surface area contributed by atoms with Gasteiger partial charge in [0.2, 0.25) is 5.88 Å². The third-order valence-electron chi connectivity index (χ3n) is 6.47. The summed E-state index contributed by atoms with van der Waals surface area (Å²) < 4.78 is 29.1. The van der Waals surface area contributed by atoms with Crippen molar-refractivity contribution in [1.82, 2.24) is 19.1 Å². The van der Waals surface area contributed by atoms with Crippen LogP contribution >= 0.6 is 0 Å². The van der Waals surface area contributed by atoms with Gasteiger partial charge in [-0.15, -0.1) is 0 Å². The molecule has 34 heavy (non-hydrogen) atoms. The Morgan fingerprint density at radius 3 is 2.74 bits per heavy atom. The third kappa shape index (κ3) is 3.57. The van der Waals surface area contributed by atoms with Crippen LogP contribution in [0.4, 0.5) is 10.1 Å². The smallest absolute Gasteiger partial charge is 0.329 e. The summed E-state index contributed by atoms with van der Waals surface area (Å²) in [5.41, 5.74) is 3.48. The van der Waals surface area contributed by atoms with E-state index >= 15 is 0 Å². The fourth-order valence-corrected chi connectivity index (χ4v) is 4.96. The fourth-order valence-electron chi connectivity index (χ4n) is 4.96. The van der Waals surface area contributed by atoms with Crippen LogP contribution in [-0.4, -0.2) is 46.4 Å². The number of para-hydroxylation sites is 2. The summed E-state index contributed by atoms with van der Waals surface area (Å²) in [5, 5.41) is 0. The third-order valence-corrected chi connectivity index (χ3v) is 6.47. The van der Waals surface area contributed by atoms with Gasteiger partial charge in [0.1, 0.15) is 23.4 Å². The van der Waals surface area contributed by atoms with Crippen molar-refractivity contribution in [3.8, 4) is 11.6 Å². The van der Waals surface area contributed by atoms with Crippen LogP contribution < -0.4 is 20.1 Å². The van der Waals surface area contributed by atoms with E-state index in [1.54, 1.807) is 23.9 Å². The SMILES string of the molecule is COc1ncncc1Cn1c(=O)n([C@@H]2CCN(c3c(C)cccc3F)C2)c2cccc(OC)c21. The zero-order chi connectivity index (χ0) is 23.8. The molecule has 1 atom stereocenters. The summed E-state index contributed by atoms with van der Waals surface area (Å²) in [4.78, 5) is 24.1. The predicted octanol–water partition coefficient (Wildman–Crippen LogP) is 3.56. The van der Waals surface area contributed by atoms with Gasteiger partial charge in [0.15, 0.2) is 0 Å². The van der Waals surface area contributed by atoms with Crippen LogP contribution in [0.3, 0.4) is 0 Å². The Kier molecular flexibility index (Phi) is 5.69. The number of aromatic nitrogens is 4. The number of hydrogen-bond donors (Lipinski definition) is 0. The molecule has 0 radical (unpaired) electrons. The standard InChI is InChI=1S/C25H26FN5O3/c1-16-6-4-7-19(26)22(16)29-11-10-18(14-29)31-20-8-5-9-21(33-2)23(20)30(25(31)32)13-17-12-27-15-28-24(17)34-3/h4-9,12,15,18H,10-11,13-14H2,1-3H3/t18-/m1/s1. The Bertz CT molecular complexity index is 1390. The Balaban J connectivity index is 1.60. The molecule has 0 N–H and O–H groups in total. The monoisotopic (exact) mass is 463 g/mol. The van der Waals surface area contributed by atoms with Gasteiger partial charge in [0, 0.05) is 19.3 Å². The maximum Gasteiger partial charge on any atom is 0.329 e. The van der Waals surface area contributed by atoms with E-state index in [9.17, 15) is 9.18 Å². The highest BCUT2D eigenvalue weighted by atomic mass is 19.1. The number of hydrogen-bond acceptors (Lipinski definition) is 6. The lowest BCUT2D eigenvalue weighted by molar-refractivity contribution is 0.389. The van der Waals surface area contributed by atoms with Gasteiger partial charge in [-0.3, -0.25) is 9.13 Å². The molecule has 0 bridgehead atoms. The van der Waals surface area contributed by atoms with E-state index in [1.165, 1.54) is 19.5 Å². The molecular formula is C25H26FN5O3. The first-order valence-corrected chi connectivity index (χ1v) is 11.1. The largest absolute Gasteiger partial charge is 0.494 e. The van der Waals surface area contributed by atoms with Crippen molar-refractivity contribution < 1.29 is 13.9 Å². The quantitative estimate of drug-likeness (QED) is 0.435. The summed E-state index contributed by atoms with van der Waals surface area (Å²) in [7, 11) is 3.13. The maximum absolute atomic E-state index is 14.6. The second-order valence-electron chi connectivity index (χ2n) is 8.42. The number of aryl methyl sites for hydroxylation is 1. The van der Waals surface area contributed by atoms with Gasteiger partial charge in [-0.2, -0.15) is 0 Å². The zero-order valence-corrected chi connectivity index (χ0v) is 19.4. The van der Waals surface area contributed by atoms with Gasteiger partial charge in [-0.25, -0.2) is 19.2 Å². The minimum absolute atomic E-state index is 0.115. The summed E-state index contributed by atoms with van der Waals surface area (Å²) in [6.45, 7) is 3.34. The molecule has 5 rings (SSSR count). The summed E-state index contributed by atoms with van der Waals surface area (Å²) in [6, 6.07) is 10.6. The summed E-state index contributed by atoms with van der Waals surface area (Å²) in [5.74, 6) is 0.775. The number of rotatable bonds is 6. The molecule has 2 aromatic carbocycles. The Hall–Kier alpha value is -3.88. The fraction of sp³-hybridized carbons (Fsp3) is 0.320. The molecule has 9 heteroatoms. The van der Waals surface area contributed by atoms with Crippen molar-refractivity contribution in [1.29, 1.82) is 0 Å². The van der Waals surface area contributed by atoms with Crippen molar-refractivity contribution in [2.24, 2.45) is 0 Å². The number of methoxy groups -OCH3 is 2. The molecule has 0 aliphatic carbocycles. The molecule has 3 heterocycles. The number of ether oxygens (including phenoxy) is 2. The van der Waals surface area contributed by atoms with E-state index in [-0.39, 0.29) is 24.1 Å². The highest BCUT2D eigenvalue weighted by Gasteiger charge is 2.31.